The fourth-order valence-electron chi connectivity index (χ4n) is 2.26. The fraction of sp³-hybridized carbons (Fsp3) is 0.278. The fourth-order valence-corrected chi connectivity index (χ4v) is 2.26. The lowest BCUT2D eigenvalue weighted by atomic mass is 10.0. The molecule has 2 aromatic rings. The second-order valence-electron chi connectivity index (χ2n) is 5.40. The van der Waals surface area contributed by atoms with Crippen LogP contribution >= 0.6 is 0 Å². The van der Waals surface area contributed by atoms with Gasteiger partial charge in [-0.1, -0.05) is 12.1 Å². The highest BCUT2D eigenvalue weighted by molar-refractivity contribution is 5.76. The summed E-state index contributed by atoms with van der Waals surface area (Å²) in [6.07, 6.45) is -0.223. The number of carbonyl (C=O) groups is 1. The number of benzene rings is 2. The number of nitro groups is 1. The van der Waals surface area contributed by atoms with Gasteiger partial charge < -0.3 is 9.47 Å². The first-order valence-corrected chi connectivity index (χ1v) is 7.48. The zero-order chi connectivity index (χ0) is 17.5. The van der Waals surface area contributed by atoms with Gasteiger partial charge in [-0.25, -0.2) is 0 Å². The predicted molar refractivity (Wildman–Crippen MR) is 88.9 cm³/mol. The molecule has 0 aliphatic heterocycles. The number of nitro benzene ring substituents is 1. The molecule has 126 valence electrons. The molecule has 1 atom stereocenters. The highest BCUT2D eigenvalue weighted by Crippen LogP contribution is 2.25. The van der Waals surface area contributed by atoms with E-state index in [0.717, 1.165) is 16.9 Å². The molecular weight excluding hydrogens is 310 g/mol. The van der Waals surface area contributed by atoms with Crippen LogP contribution in [0.4, 0.5) is 5.69 Å². The van der Waals surface area contributed by atoms with Gasteiger partial charge in [0.15, 0.2) is 0 Å². The summed E-state index contributed by atoms with van der Waals surface area (Å²) in [7, 11) is 1.60. The van der Waals surface area contributed by atoms with Crippen LogP contribution in [0.1, 0.15) is 30.6 Å². The maximum absolute atomic E-state index is 11.5. The van der Waals surface area contributed by atoms with E-state index in [0.29, 0.717) is 6.61 Å². The third-order valence-electron chi connectivity index (χ3n) is 3.56. The largest absolute Gasteiger partial charge is 0.497 e. The zero-order valence-corrected chi connectivity index (χ0v) is 13.6. The molecule has 0 aliphatic carbocycles. The Kier molecular flexibility index (Phi) is 6.03. The number of Topliss-reactive ketones (excluding diaryl/α,β-unsaturated/α-hetero) is 1. The van der Waals surface area contributed by atoms with Crippen molar-refractivity contribution >= 4 is 11.5 Å². The van der Waals surface area contributed by atoms with Crippen molar-refractivity contribution in [3.8, 4) is 5.75 Å². The van der Waals surface area contributed by atoms with Gasteiger partial charge >= 0.3 is 0 Å². The number of hydrogen-bond donors (Lipinski definition) is 0. The third-order valence-corrected chi connectivity index (χ3v) is 3.56. The first-order chi connectivity index (χ1) is 11.5. The van der Waals surface area contributed by atoms with Crippen molar-refractivity contribution < 1.29 is 19.2 Å². The topological polar surface area (TPSA) is 78.7 Å². The quantitative estimate of drug-likeness (QED) is 0.543. The van der Waals surface area contributed by atoms with Crippen LogP contribution in [0.3, 0.4) is 0 Å². The average Bonchev–Trinajstić information content (AvgIpc) is 2.59. The molecule has 0 amide bonds. The van der Waals surface area contributed by atoms with Crippen LogP contribution < -0.4 is 4.74 Å². The summed E-state index contributed by atoms with van der Waals surface area (Å²) in [6, 6.07) is 13.5. The minimum absolute atomic E-state index is 0.00640. The van der Waals surface area contributed by atoms with Crippen LogP contribution in [0.2, 0.25) is 0 Å². The molecule has 0 aliphatic rings. The molecule has 0 fully saturated rings. The van der Waals surface area contributed by atoms with Gasteiger partial charge in [0.2, 0.25) is 0 Å². The molecule has 0 N–H and O–H groups in total. The van der Waals surface area contributed by atoms with E-state index in [-0.39, 0.29) is 17.9 Å². The molecule has 0 spiro atoms. The molecule has 0 heterocycles. The number of methoxy groups -OCH3 is 1. The first-order valence-electron chi connectivity index (χ1n) is 7.48. The van der Waals surface area contributed by atoms with Crippen LogP contribution in [-0.4, -0.2) is 17.8 Å². The van der Waals surface area contributed by atoms with Crippen LogP contribution in [0.25, 0.3) is 0 Å². The van der Waals surface area contributed by atoms with Crippen LogP contribution in [0.5, 0.6) is 5.75 Å². The molecule has 2 aromatic carbocycles. The number of carbonyl (C=O) groups excluding carboxylic acids is 1. The highest BCUT2D eigenvalue weighted by atomic mass is 16.6. The van der Waals surface area contributed by atoms with E-state index < -0.39 is 11.0 Å². The van der Waals surface area contributed by atoms with Gasteiger partial charge in [-0.3, -0.25) is 14.9 Å². The van der Waals surface area contributed by atoms with Crippen molar-refractivity contribution in [3.63, 3.8) is 0 Å². The Hall–Kier alpha value is -2.73. The summed E-state index contributed by atoms with van der Waals surface area (Å²) in [5, 5.41) is 10.7. The van der Waals surface area contributed by atoms with Crippen molar-refractivity contribution in [3.05, 3.63) is 69.8 Å². The summed E-state index contributed by atoms with van der Waals surface area (Å²) in [6.45, 7) is 1.83. The van der Waals surface area contributed by atoms with E-state index >= 15 is 0 Å². The number of ether oxygens (including phenoxy) is 2. The number of hydrogen-bond acceptors (Lipinski definition) is 5. The van der Waals surface area contributed by atoms with Crippen LogP contribution in [-0.2, 0) is 16.1 Å². The molecule has 0 aromatic heterocycles. The summed E-state index contributed by atoms with van der Waals surface area (Å²) >= 11 is 0. The van der Waals surface area contributed by atoms with Gasteiger partial charge in [-0.2, -0.15) is 0 Å². The minimum Gasteiger partial charge on any atom is -0.497 e. The zero-order valence-electron chi connectivity index (χ0n) is 13.6. The molecule has 0 unspecified atom stereocenters. The Bertz CT molecular complexity index is 694. The SMILES string of the molecule is COc1ccc(CO[C@@H](CC(C)=O)c2ccc([N+](=O)[O-])cc2)cc1. The molecule has 0 saturated carbocycles. The van der Waals surface area contributed by atoms with E-state index in [1.165, 1.54) is 19.1 Å². The molecule has 0 bridgehead atoms. The maximum atomic E-state index is 11.5. The number of nitrogens with zero attached hydrogens (tertiary/aromatic N) is 1. The van der Waals surface area contributed by atoms with Gasteiger partial charge in [0.05, 0.1) is 24.7 Å². The monoisotopic (exact) mass is 329 g/mol. The maximum Gasteiger partial charge on any atom is 0.269 e. The van der Waals surface area contributed by atoms with Crippen LogP contribution in [0, 0.1) is 10.1 Å². The van der Waals surface area contributed by atoms with E-state index in [1.54, 1.807) is 19.2 Å². The van der Waals surface area contributed by atoms with Crippen molar-refractivity contribution in [2.75, 3.05) is 7.11 Å². The van der Waals surface area contributed by atoms with Gasteiger partial charge in [-0.05, 0) is 42.3 Å². The average molecular weight is 329 g/mol. The number of ketones is 1. The summed E-state index contributed by atoms with van der Waals surface area (Å²) in [5.41, 5.74) is 1.70. The molecule has 2 rings (SSSR count). The lowest BCUT2D eigenvalue weighted by Gasteiger charge is -2.17. The van der Waals surface area contributed by atoms with Crippen molar-refractivity contribution in [1.29, 1.82) is 0 Å². The van der Waals surface area contributed by atoms with Crippen molar-refractivity contribution in [2.45, 2.75) is 26.1 Å². The lowest BCUT2D eigenvalue weighted by Crippen LogP contribution is -2.09. The second kappa shape index (κ2) is 8.21. The Balaban J connectivity index is 2.09. The Morgan fingerprint density at radius 3 is 2.25 bits per heavy atom. The van der Waals surface area contributed by atoms with Gasteiger partial charge in [-0.15, -0.1) is 0 Å². The summed E-state index contributed by atoms with van der Waals surface area (Å²) in [5.74, 6) is 0.752. The third kappa shape index (κ3) is 4.89. The minimum atomic E-state index is -0.456. The molecule has 0 radical (unpaired) electrons. The molecule has 0 saturated heterocycles. The van der Waals surface area contributed by atoms with E-state index in [9.17, 15) is 14.9 Å². The highest BCUT2D eigenvalue weighted by Gasteiger charge is 2.16. The van der Waals surface area contributed by atoms with Gasteiger partial charge in [0.25, 0.3) is 5.69 Å². The number of non-ortho nitro benzene ring substituents is 1. The lowest BCUT2D eigenvalue weighted by molar-refractivity contribution is -0.384. The van der Waals surface area contributed by atoms with E-state index in [1.807, 2.05) is 24.3 Å². The Morgan fingerprint density at radius 2 is 1.75 bits per heavy atom. The van der Waals surface area contributed by atoms with E-state index in [2.05, 4.69) is 0 Å². The first kappa shape index (κ1) is 17.6. The van der Waals surface area contributed by atoms with Crippen molar-refractivity contribution in [1.82, 2.24) is 0 Å². The normalized spacial score (nSPS) is 11.8. The molecule has 24 heavy (non-hydrogen) atoms. The Morgan fingerprint density at radius 1 is 1.12 bits per heavy atom. The Labute approximate surface area is 140 Å². The number of rotatable bonds is 8. The van der Waals surface area contributed by atoms with Gasteiger partial charge in [0, 0.05) is 18.6 Å². The van der Waals surface area contributed by atoms with Gasteiger partial charge in [0.1, 0.15) is 11.5 Å². The molecular formula is C18H19NO5. The second-order valence-corrected chi connectivity index (χ2v) is 5.40. The molecule has 6 heteroatoms. The smallest absolute Gasteiger partial charge is 0.269 e. The standard InChI is InChI=1S/C18H19NO5/c1-13(20)11-18(15-5-7-16(8-6-15)19(21)22)24-12-14-3-9-17(23-2)10-4-14/h3-10,18H,11-12H2,1-2H3/t18-/m0/s1. The van der Waals surface area contributed by atoms with Crippen molar-refractivity contribution in [2.24, 2.45) is 0 Å². The predicted octanol–water partition coefficient (Wildman–Crippen LogP) is 3.84. The van der Waals surface area contributed by atoms with E-state index in [4.69, 9.17) is 9.47 Å². The summed E-state index contributed by atoms with van der Waals surface area (Å²) < 4.78 is 11.0. The molecule has 6 nitrogen and oxygen atoms in total. The summed E-state index contributed by atoms with van der Waals surface area (Å²) in [4.78, 5) is 21.8. The van der Waals surface area contributed by atoms with Crippen LogP contribution in [0.15, 0.2) is 48.5 Å².